The number of imide groups is 1. The second-order valence-corrected chi connectivity index (χ2v) is 7.12. The van der Waals surface area contributed by atoms with Gasteiger partial charge in [-0.15, -0.1) is 0 Å². The van der Waals surface area contributed by atoms with Crippen LogP contribution in [0, 0.1) is 6.92 Å². The number of carboxylic acids is 1. The van der Waals surface area contributed by atoms with E-state index < -0.39 is 12.0 Å². The lowest BCUT2D eigenvalue weighted by Crippen LogP contribution is -2.43. The molecule has 0 radical (unpaired) electrons. The number of aryl methyl sites for hydroxylation is 1. The van der Waals surface area contributed by atoms with Crippen molar-refractivity contribution < 1.29 is 24.3 Å². The normalized spacial score (nSPS) is 18.8. The van der Waals surface area contributed by atoms with Crippen molar-refractivity contribution in [3.05, 3.63) is 53.6 Å². The molecule has 2 heterocycles. The lowest BCUT2D eigenvalue weighted by atomic mass is 10.1. The molecule has 148 valence electrons. The highest BCUT2D eigenvalue weighted by Gasteiger charge is 2.40. The van der Waals surface area contributed by atoms with Crippen molar-refractivity contribution in [3.8, 4) is 0 Å². The van der Waals surface area contributed by atoms with Gasteiger partial charge in [-0.05, 0) is 55.0 Å². The Morgan fingerprint density at radius 1 is 1.07 bits per heavy atom. The summed E-state index contributed by atoms with van der Waals surface area (Å²) in [6.07, 6.45) is 0.562. The number of β-lactam (4-membered cyclic amide) rings is 1. The summed E-state index contributed by atoms with van der Waals surface area (Å²) in [5.74, 6) is -1.71. The number of anilines is 3. The topological polar surface area (TPSA) is 107 Å². The summed E-state index contributed by atoms with van der Waals surface area (Å²) in [5, 5.41) is 12.2. The van der Waals surface area contributed by atoms with Crippen LogP contribution < -0.4 is 15.1 Å². The van der Waals surface area contributed by atoms with Gasteiger partial charge in [0.25, 0.3) is 5.91 Å². The smallest absolute Gasteiger partial charge is 0.335 e. The Kier molecular flexibility index (Phi) is 4.54. The summed E-state index contributed by atoms with van der Waals surface area (Å²) in [6.45, 7) is 2.37. The Morgan fingerprint density at radius 3 is 2.34 bits per heavy atom. The molecule has 2 aliphatic rings. The number of benzene rings is 2. The molecule has 8 heteroatoms. The fourth-order valence-corrected chi connectivity index (χ4v) is 3.56. The van der Waals surface area contributed by atoms with E-state index in [1.807, 2.05) is 0 Å². The molecule has 0 spiro atoms. The third-order valence-electron chi connectivity index (χ3n) is 5.20. The Morgan fingerprint density at radius 2 is 1.79 bits per heavy atom. The minimum atomic E-state index is -1.07. The lowest BCUT2D eigenvalue weighted by Gasteiger charge is -2.30. The summed E-state index contributed by atoms with van der Waals surface area (Å²) in [4.78, 5) is 50.7. The molecule has 8 nitrogen and oxygen atoms in total. The molecule has 2 fully saturated rings. The van der Waals surface area contributed by atoms with E-state index in [-0.39, 0.29) is 29.7 Å². The van der Waals surface area contributed by atoms with E-state index in [0.717, 1.165) is 10.6 Å². The largest absolute Gasteiger partial charge is 0.478 e. The summed E-state index contributed by atoms with van der Waals surface area (Å²) < 4.78 is 0. The molecule has 2 aromatic rings. The second kappa shape index (κ2) is 7.05. The van der Waals surface area contributed by atoms with E-state index in [9.17, 15) is 19.2 Å². The van der Waals surface area contributed by atoms with Gasteiger partial charge in [-0.1, -0.05) is 0 Å². The average molecular weight is 393 g/mol. The van der Waals surface area contributed by atoms with Gasteiger partial charge >= 0.3 is 5.97 Å². The van der Waals surface area contributed by atoms with Gasteiger partial charge in [0.05, 0.1) is 17.7 Å². The summed E-state index contributed by atoms with van der Waals surface area (Å²) in [6, 6.07) is 10.7. The quantitative estimate of drug-likeness (QED) is 0.596. The maximum absolute atomic E-state index is 12.8. The number of carbonyl (C=O) groups is 4. The van der Waals surface area contributed by atoms with Crippen LogP contribution in [0.15, 0.2) is 42.5 Å². The van der Waals surface area contributed by atoms with Crippen LogP contribution in [0.1, 0.15) is 28.8 Å². The molecule has 1 unspecified atom stereocenters. The van der Waals surface area contributed by atoms with Crippen molar-refractivity contribution in [2.75, 3.05) is 21.7 Å². The molecule has 0 aliphatic carbocycles. The number of nitrogens with one attached hydrogen (secondary N) is 1. The van der Waals surface area contributed by atoms with E-state index in [1.165, 1.54) is 18.2 Å². The Labute approximate surface area is 166 Å². The Hall–Kier alpha value is -3.68. The van der Waals surface area contributed by atoms with Crippen LogP contribution in [-0.4, -0.2) is 41.4 Å². The van der Waals surface area contributed by atoms with Crippen LogP contribution in [0.4, 0.5) is 17.1 Å². The second-order valence-electron chi connectivity index (χ2n) is 7.12. The van der Waals surface area contributed by atoms with Gasteiger partial charge in [-0.2, -0.15) is 0 Å². The van der Waals surface area contributed by atoms with Gasteiger partial charge in [-0.3, -0.25) is 14.4 Å². The van der Waals surface area contributed by atoms with Crippen LogP contribution >= 0.6 is 0 Å². The number of rotatable bonds is 5. The number of aromatic carboxylic acids is 1. The first-order chi connectivity index (χ1) is 13.8. The molecular weight excluding hydrogens is 374 g/mol. The summed E-state index contributed by atoms with van der Waals surface area (Å²) in [5.41, 5.74) is 2.50. The van der Waals surface area contributed by atoms with E-state index in [0.29, 0.717) is 29.9 Å². The van der Waals surface area contributed by atoms with Gasteiger partial charge in [-0.25, -0.2) is 9.69 Å². The molecule has 4 rings (SSSR count). The van der Waals surface area contributed by atoms with Gasteiger partial charge in [0.1, 0.15) is 6.04 Å². The molecule has 1 atom stereocenters. The van der Waals surface area contributed by atoms with Gasteiger partial charge in [0.2, 0.25) is 11.8 Å². The highest BCUT2D eigenvalue weighted by molar-refractivity contribution is 6.23. The number of amides is 3. The van der Waals surface area contributed by atoms with Crippen molar-refractivity contribution in [2.45, 2.75) is 25.8 Å². The van der Waals surface area contributed by atoms with Gasteiger partial charge in [0, 0.05) is 24.3 Å². The molecule has 0 bridgehead atoms. The predicted molar refractivity (Wildman–Crippen MR) is 106 cm³/mol. The first-order valence-corrected chi connectivity index (χ1v) is 9.23. The molecule has 29 heavy (non-hydrogen) atoms. The first-order valence-electron chi connectivity index (χ1n) is 9.23. The average Bonchev–Trinajstić information content (AvgIpc) is 2.95. The molecule has 2 N–H and O–H groups in total. The van der Waals surface area contributed by atoms with Crippen LogP contribution in [0.5, 0.6) is 0 Å². The third-order valence-corrected chi connectivity index (χ3v) is 5.20. The predicted octanol–water partition coefficient (Wildman–Crippen LogP) is 2.17. The molecule has 2 saturated heterocycles. The molecule has 3 amide bonds. The highest BCUT2D eigenvalue weighted by atomic mass is 16.4. The van der Waals surface area contributed by atoms with Crippen molar-refractivity contribution in [1.29, 1.82) is 0 Å². The number of carbonyl (C=O) groups excluding carboxylic acids is 3. The standard InChI is InChI=1S/C21H19N3O5/c1-12-10-13(21(28)29)2-7-17(12)24-19(26)11-16(20(24)27)22-14-3-5-15(6-4-14)23-9-8-18(23)25/h2-7,10,16,22H,8-9,11H2,1H3,(H,28,29). The van der Waals surface area contributed by atoms with E-state index in [1.54, 1.807) is 36.1 Å². The maximum Gasteiger partial charge on any atom is 0.335 e. The maximum atomic E-state index is 12.8. The van der Waals surface area contributed by atoms with E-state index >= 15 is 0 Å². The van der Waals surface area contributed by atoms with Crippen LogP contribution in [0.2, 0.25) is 0 Å². The van der Waals surface area contributed by atoms with Crippen molar-refractivity contribution in [3.63, 3.8) is 0 Å². The van der Waals surface area contributed by atoms with Gasteiger partial charge < -0.3 is 15.3 Å². The minimum Gasteiger partial charge on any atom is -0.478 e. The number of carboxylic acid groups (broad SMARTS) is 1. The number of nitrogens with zero attached hydrogens (tertiary/aromatic N) is 2. The van der Waals surface area contributed by atoms with Crippen LogP contribution in [-0.2, 0) is 14.4 Å². The molecule has 0 aromatic heterocycles. The zero-order valence-electron chi connectivity index (χ0n) is 15.7. The SMILES string of the molecule is Cc1cc(C(=O)O)ccc1N1C(=O)CC(Nc2ccc(N3CCC3=O)cc2)C1=O. The first kappa shape index (κ1) is 18.7. The Balaban J connectivity index is 1.50. The molecule has 2 aromatic carbocycles. The summed E-state index contributed by atoms with van der Waals surface area (Å²) in [7, 11) is 0. The lowest BCUT2D eigenvalue weighted by molar-refractivity contribution is -0.122. The third kappa shape index (κ3) is 3.33. The van der Waals surface area contributed by atoms with E-state index in [4.69, 9.17) is 5.11 Å². The fourth-order valence-electron chi connectivity index (χ4n) is 3.56. The molecular formula is C21H19N3O5. The van der Waals surface area contributed by atoms with Crippen LogP contribution in [0.3, 0.4) is 0 Å². The highest BCUT2D eigenvalue weighted by Crippen LogP contribution is 2.29. The summed E-state index contributed by atoms with van der Waals surface area (Å²) >= 11 is 0. The van der Waals surface area contributed by atoms with Crippen molar-refractivity contribution >= 4 is 40.8 Å². The zero-order valence-corrected chi connectivity index (χ0v) is 15.7. The van der Waals surface area contributed by atoms with Crippen molar-refractivity contribution in [2.24, 2.45) is 0 Å². The van der Waals surface area contributed by atoms with Crippen LogP contribution in [0.25, 0.3) is 0 Å². The van der Waals surface area contributed by atoms with Gasteiger partial charge in [0.15, 0.2) is 0 Å². The molecule has 0 saturated carbocycles. The number of hydrogen-bond acceptors (Lipinski definition) is 5. The zero-order chi connectivity index (χ0) is 20.7. The number of hydrogen-bond donors (Lipinski definition) is 2. The minimum absolute atomic E-state index is 0.00528. The molecule has 2 aliphatic heterocycles. The monoisotopic (exact) mass is 393 g/mol. The van der Waals surface area contributed by atoms with Crippen molar-refractivity contribution in [1.82, 2.24) is 0 Å². The fraction of sp³-hybridized carbons (Fsp3) is 0.238. The van der Waals surface area contributed by atoms with E-state index in [2.05, 4.69) is 5.32 Å². The Bertz CT molecular complexity index is 1030.